The van der Waals surface area contributed by atoms with E-state index in [9.17, 15) is 17.3 Å². The first-order chi connectivity index (χ1) is 11.2. The Bertz CT molecular complexity index is 369. The van der Waals surface area contributed by atoms with Crippen LogP contribution in [0.1, 0.15) is 79.1 Å². The number of likely N-dealkylation sites (tertiary alicyclic amines) is 1. The Labute approximate surface area is 144 Å². The van der Waals surface area contributed by atoms with Crippen molar-refractivity contribution in [2.24, 2.45) is 0 Å². The Kier molecular flexibility index (Phi) is 8.58. The van der Waals surface area contributed by atoms with Gasteiger partial charge in [-0.1, -0.05) is 27.7 Å². The topological polar surface area (TPSA) is 6.25 Å². The van der Waals surface area contributed by atoms with Gasteiger partial charge in [-0.15, -0.1) is 0 Å². The molecule has 0 aromatic rings. The van der Waals surface area contributed by atoms with Crippen LogP contribution in [-0.2, 0) is 0 Å². The summed E-state index contributed by atoms with van der Waals surface area (Å²) < 4.78 is 41.7. The van der Waals surface area contributed by atoms with E-state index in [1.54, 1.807) is 0 Å². The largest absolute Gasteiger partial charge is 0.673 e. The van der Waals surface area contributed by atoms with Gasteiger partial charge in [0.15, 0.2) is 0 Å². The van der Waals surface area contributed by atoms with Gasteiger partial charge in [0.1, 0.15) is 0 Å². The summed E-state index contributed by atoms with van der Waals surface area (Å²) in [6.07, 6.45) is 13.3. The van der Waals surface area contributed by atoms with E-state index in [4.69, 9.17) is 0 Å². The van der Waals surface area contributed by atoms with E-state index in [1.165, 1.54) is 51.4 Å². The Hall–Kier alpha value is -0.745. The van der Waals surface area contributed by atoms with Gasteiger partial charge < -0.3 is 17.3 Å². The molecule has 0 radical (unpaired) electrons. The van der Waals surface area contributed by atoms with E-state index in [2.05, 4.69) is 43.5 Å². The molecular formula is C17H33BF4N2. The Balaban J connectivity index is 0.000000505. The zero-order chi connectivity index (χ0) is 18.3. The normalized spacial score (nSPS) is 30.3. The average molecular weight is 352 g/mol. The number of halogens is 4. The lowest BCUT2D eigenvalue weighted by Gasteiger charge is -2.24. The minimum Gasteiger partial charge on any atom is -0.418 e. The summed E-state index contributed by atoms with van der Waals surface area (Å²) in [7, 11) is -6.00. The molecule has 0 N–H and O–H groups in total. The van der Waals surface area contributed by atoms with Crippen molar-refractivity contribution >= 4 is 13.6 Å². The van der Waals surface area contributed by atoms with Crippen LogP contribution in [0.15, 0.2) is 0 Å². The molecule has 7 heteroatoms. The maximum absolute atomic E-state index is 9.75. The lowest BCUT2D eigenvalue weighted by atomic mass is 10.1. The predicted molar refractivity (Wildman–Crippen MR) is 93.1 cm³/mol. The van der Waals surface area contributed by atoms with E-state index < -0.39 is 7.25 Å². The lowest BCUT2D eigenvalue weighted by molar-refractivity contribution is -0.579. The first kappa shape index (κ1) is 21.3. The zero-order valence-corrected chi connectivity index (χ0v) is 15.5. The molecule has 2 nitrogen and oxygen atoms in total. The molecule has 0 aromatic carbocycles. The third kappa shape index (κ3) is 6.28. The van der Waals surface area contributed by atoms with Crippen molar-refractivity contribution in [1.82, 2.24) is 4.90 Å². The quantitative estimate of drug-likeness (QED) is 0.280. The molecule has 0 bridgehead atoms. The number of rotatable bonds is 5. The van der Waals surface area contributed by atoms with Gasteiger partial charge in [0, 0.05) is 0 Å². The van der Waals surface area contributed by atoms with Crippen LogP contribution in [0, 0.1) is 0 Å². The van der Waals surface area contributed by atoms with Crippen LogP contribution in [0.4, 0.5) is 17.3 Å². The molecule has 2 aliphatic heterocycles. The summed E-state index contributed by atoms with van der Waals surface area (Å²) in [5.41, 5.74) is 0. The van der Waals surface area contributed by atoms with Gasteiger partial charge in [-0.2, -0.15) is 0 Å². The van der Waals surface area contributed by atoms with Crippen LogP contribution in [-0.4, -0.2) is 47.2 Å². The molecular weight excluding hydrogens is 319 g/mol. The minimum atomic E-state index is -6.00. The fourth-order valence-electron chi connectivity index (χ4n) is 4.15. The SMILES string of the molecule is CCC1CCC(CC)N1C=[N+]1C(CC)CCC1CC.F[B-](F)(F)F. The molecule has 0 aromatic heterocycles. The molecule has 2 aliphatic rings. The molecule has 2 saturated heterocycles. The monoisotopic (exact) mass is 352 g/mol. The standard InChI is InChI=1S/C17H33N2.BF4/c1-5-14-9-10-15(6-2)18(14)13-19-16(7-3)11-12-17(19)8-4;2-1(3,4)5/h13-17H,5-12H2,1-4H3;/q+1;-1. The van der Waals surface area contributed by atoms with Gasteiger partial charge in [-0.25, -0.2) is 0 Å². The van der Waals surface area contributed by atoms with Crippen molar-refractivity contribution in [3.8, 4) is 0 Å². The third-order valence-corrected chi connectivity index (χ3v) is 5.50. The highest BCUT2D eigenvalue weighted by molar-refractivity contribution is 6.50. The molecule has 2 rings (SSSR count). The molecule has 24 heavy (non-hydrogen) atoms. The van der Waals surface area contributed by atoms with Gasteiger partial charge in [-0.05, 0) is 51.4 Å². The van der Waals surface area contributed by atoms with E-state index in [-0.39, 0.29) is 0 Å². The number of hydrogen-bond acceptors (Lipinski definition) is 0. The van der Waals surface area contributed by atoms with Gasteiger partial charge in [0.25, 0.3) is 0 Å². The Morgan fingerprint density at radius 3 is 1.46 bits per heavy atom. The fraction of sp³-hybridized carbons (Fsp3) is 0.941. The van der Waals surface area contributed by atoms with Gasteiger partial charge in [0.05, 0.1) is 24.2 Å². The van der Waals surface area contributed by atoms with Crippen molar-refractivity contribution in [3.05, 3.63) is 0 Å². The van der Waals surface area contributed by atoms with Crippen LogP contribution in [0.5, 0.6) is 0 Å². The summed E-state index contributed by atoms with van der Waals surface area (Å²) in [5.74, 6) is 0. The van der Waals surface area contributed by atoms with Crippen LogP contribution in [0.3, 0.4) is 0 Å². The van der Waals surface area contributed by atoms with E-state index in [0.717, 1.165) is 24.2 Å². The Morgan fingerprint density at radius 1 is 0.792 bits per heavy atom. The maximum atomic E-state index is 9.75. The van der Waals surface area contributed by atoms with Crippen molar-refractivity contribution in [2.75, 3.05) is 0 Å². The second-order valence-electron chi connectivity index (χ2n) is 6.91. The minimum absolute atomic E-state index is 0.792. The van der Waals surface area contributed by atoms with Crippen LogP contribution >= 0.6 is 0 Å². The average Bonchev–Trinajstić information content (AvgIpc) is 3.09. The van der Waals surface area contributed by atoms with Crippen LogP contribution in [0.25, 0.3) is 0 Å². The highest BCUT2D eigenvalue weighted by Gasteiger charge is 2.38. The van der Waals surface area contributed by atoms with Crippen molar-refractivity contribution in [1.29, 1.82) is 0 Å². The molecule has 0 amide bonds. The van der Waals surface area contributed by atoms with Crippen molar-refractivity contribution in [2.45, 2.75) is 103 Å². The lowest BCUT2D eigenvalue weighted by Crippen LogP contribution is -2.40. The predicted octanol–water partition coefficient (Wildman–Crippen LogP) is 5.33. The second kappa shape index (κ2) is 9.66. The summed E-state index contributed by atoms with van der Waals surface area (Å²) in [6, 6.07) is 3.17. The van der Waals surface area contributed by atoms with Gasteiger partial charge >= 0.3 is 7.25 Å². The van der Waals surface area contributed by atoms with Crippen LogP contribution < -0.4 is 0 Å². The summed E-state index contributed by atoms with van der Waals surface area (Å²) >= 11 is 0. The highest BCUT2D eigenvalue weighted by Crippen LogP contribution is 2.29. The van der Waals surface area contributed by atoms with E-state index in [0.29, 0.717) is 0 Å². The van der Waals surface area contributed by atoms with Crippen LogP contribution in [0.2, 0.25) is 0 Å². The van der Waals surface area contributed by atoms with Gasteiger partial charge in [-0.3, -0.25) is 9.48 Å². The highest BCUT2D eigenvalue weighted by atomic mass is 19.5. The maximum Gasteiger partial charge on any atom is 0.673 e. The second-order valence-corrected chi connectivity index (χ2v) is 6.91. The Morgan fingerprint density at radius 2 is 1.17 bits per heavy atom. The van der Waals surface area contributed by atoms with Crippen molar-refractivity contribution < 1.29 is 21.8 Å². The number of hydrogen-bond donors (Lipinski definition) is 0. The zero-order valence-electron chi connectivity index (χ0n) is 15.5. The molecule has 0 aliphatic carbocycles. The third-order valence-electron chi connectivity index (χ3n) is 5.50. The first-order valence-electron chi connectivity index (χ1n) is 9.52. The first-order valence-corrected chi connectivity index (χ1v) is 9.52. The number of nitrogens with zero attached hydrogens (tertiary/aromatic N) is 2. The molecule has 142 valence electrons. The summed E-state index contributed by atoms with van der Waals surface area (Å²) in [5, 5.41) is 0. The summed E-state index contributed by atoms with van der Waals surface area (Å²) in [6.45, 7) is 9.40. The van der Waals surface area contributed by atoms with Gasteiger partial charge in [0.2, 0.25) is 6.34 Å². The summed E-state index contributed by atoms with van der Waals surface area (Å²) in [4.78, 5) is 2.72. The molecule has 4 unspecified atom stereocenters. The molecule has 0 saturated carbocycles. The van der Waals surface area contributed by atoms with E-state index >= 15 is 0 Å². The molecule has 0 spiro atoms. The smallest absolute Gasteiger partial charge is 0.418 e. The van der Waals surface area contributed by atoms with Crippen molar-refractivity contribution in [3.63, 3.8) is 0 Å². The molecule has 2 fully saturated rings. The molecule has 2 heterocycles. The molecule has 4 atom stereocenters. The fourth-order valence-corrected chi connectivity index (χ4v) is 4.15. The van der Waals surface area contributed by atoms with E-state index in [1.807, 2.05) is 0 Å².